The molecule has 0 saturated carbocycles. The molecule has 0 atom stereocenters. The van der Waals surface area contributed by atoms with E-state index in [2.05, 4.69) is 20.2 Å². The summed E-state index contributed by atoms with van der Waals surface area (Å²) in [4.78, 5) is 27.2. The number of aliphatic imine (C=N–C) groups is 1. The van der Waals surface area contributed by atoms with E-state index in [0.29, 0.717) is 45.8 Å². The second-order valence-electron chi connectivity index (χ2n) is 9.71. The number of aromatic nitrogens is 2. The zero-order valence-corrected chi connectivity index (χ0v) is 21.3. The number of likely N-dealkylation sites (tertiary alicyclic amines) is 1. The predicted molar refractivity (Wildman–Crippen MR) is 146 cm³/mol. The van der Waals surface area contributed by atoms with Crippen LogP contribution in [0.2, 0.25) is 0 Å². The van der Waals surface area contributed by atoms with Gasteiger partial charge >= 0.3 is 0 Å². The van der Waals surface area contributed by atoms with Gasteiger partial charge in [0.2, 0.25) is 0 Å². The number of fused-ring (bicyclic) bond motifs is 2. The molecular formula is C28H27N5O3S. The highest BCUT2D eigenvalue weighted by Crippen LogP contribution is 2.31. The Morgan fingerprint density at radius 2 is 1.89 bits per heavy atom. The van der Waals surface area contributed by atoms with Crippen molar-refractivity contribution in [2.24, 2.45) is 4.99 Å². The minimum absolute atomic E-state index is 0.250. The first-order chi connectivity index (χ1) is 17.8. The summed E-state index contributed by atoms with van der Waals surface area (Å²) in [5, 5.41) is 4.46. The minimum atomic E-state index is -3.46. The van der Waals surface area contributed by atoms with E-state index < -0.39 is 9.84 Å². The molecule has 6 rings (SSSR count). The van der Waals surface area contributed by atoms with E-state index in [1.807, 2.05) is 48.7 Å². The fourth-order valence-corrected chi connectivity index (χ4v) is 6.09. The molecule has 1 saturated heterocycles. The number of anilines is 2. The van der Waals surface area contributed by atoms with Gasteiger partial charge in [-0.1, -0.05) is 18.2 Å². The van der Waals surface area contributed by atoms with Gasteiger partial charge in [0.1, 0.15) is 5.82 Å². The van der Waals surface area contributed by atoms with Crippen molar-refractivity contribution in [3.05, 3.63) is 81.8 Å². The third-order valence-corrected chi connectivity index (χ3v) is 8.19. The number of aromatic amines is 1. The molecule has 2 N–H and O–H groups in total. The lowest BCUT2D eigenvalue weighted by Crippen LogP contribution is -2.20. The van der Waals surface area contributed by atoms with Gasteiger partial charge in [-0.2, -0.15) is 0 Å². The largest absolute Gasteiger partial charge is 0.340 e. The summed E-state index contributed by atoms with van der Waals surface area (Å²) in [7, 11) is -3.46. The second-order valence-corrected chi connectivity index (χ2v) is 11.7. The Morgan fingerprint density at radius 3 is 2.70 bits per heavy atom. The Balaban J connectivity index is 1.45. The summed E-state index contributed by atoms with van der Waals surface area (Å²) >= 11 is 0. The molecule has 4 aromatic rings. The van der Waals surface area contributed by atoms with Crippen LogP contribution in [0.25, 0.3) is 22.0 Å². The van der Waals surface area contributed by atoms with Crippen molar-refractivity contribution < 1.29 is 8.42 Å². The molecule has 0 aliphatic carbocycles. The van der Waals surface area contributed by atoms with E-state index in [0.717, 1.165) is 48.3 Å². The highest BCUT2D eigenvalue weighted by atomic mass is 32.2. The Labute approximate surface area is 215 Å². The third-order valence-electron chi connectivity index (χ3n) is 7.01. The molecule has 0 spiro atoms. The molecule has 188 valence electrons. The van der Waals surface area contributed by atoms with Crippen molar-refractivity contribution in [1.82, 2.24) is 14.9 Å². The van der Waals surface area contributed by atoms with Crippen LogP contribution in [0.15, 0.2) is 69.4 Å². The summed E-state index contributed by atoms with van der Waals surface area (Å²) < 4.78 is 25.5. The summed E-state index contributed by atoms with van der Waals surface area (Å²) in [6.07, 6.45) is 6.96. The van der Waals surface area contributed by atoms with E-state index in [-0.39, 0.29) is 5.56 Å². The van der Waals surface area contributed by atoms with Crippen LogP contribution < -0.4 is 10.9 Å². The van der Waals surface area contributed by atoms with Gasteiger partial charge in [0, 0.05) is 36.5 Å². The SMILES string of the molecule is CS(=O)(=O)c1cc(-c2cc3cc[nH]c(=O)c3c(Nc3ccc4c(c3)C=NC4)n2)ccc1CN1CCCC1. The lowest BCUT2D eigenvalue weighted by atomic mass is 10.1. The van der Waals surface area contributed by atoms with Crippen molar-refractivity contribution in [3.63, 3.8) is 0 Å². The van der Waals surface area contributed by atoms with Crippen LogP contribution in [0.5, 0.6) is 0 Å². The molecule has 0 unspecified atom stereocenters. The highest BCUT2D eigenvalue weighted by Gasteiger charge is 2.20. The van der Waals surface area contributed by atoms with Crippen LogP contribution >= 0.6 is 0 Å². The van der Waals surface area contributed by atoms with E-state index in [1.54, 1.807) is 12.3 Å². The maximum atomic E-state index is 12.8. The smallest absolute Gasteiger partial charge is 0.259 e. The second kappa shape index (κ2) is 9.24. The number of sulfone groups is 1. The number of hydrogen-bond donors (Lipinski definition) is 2. The number of nitrogens with zero attached hydrogens (tertiary/aromatic N) is 3. The van der Waals surface area contributed by atoms with Crippen LogP contribution in [0.4, 0.5) is 11.5 Å². The van der Waals surface area contributed by atoms with Crippen LogP contribution in [-0.4, -0.2) is 48.8 Å². The van der Waals surface area contributed by atoms with Crippen LogP contribution in [0.1, 0.15) is 29.5 Å². The molecule has 0 bridgehead atoms. The van der Waals surface area contributed by atoms with E-state index in [1.165, 1.54) is 6.26 Å². The number of nitrogens with one attached hydrogen (secondary N) is 2. The summed E-state index contributed by atoms with van der Waals surface area (Å²) in [5.41, 5.74) is 4.78. The van der Waals surface area contributed by atoms with E-state index in [4.69, 9.17) is 4.98 Å². The first kappa shape index (κ1) is 23.6. The maximum absolute atomic E-state index is 12.8. The molecule has 2 aromatic heterocycles. The molecule has 0 radical (unpaired) electrons. The summed E-state index contributed by atoms with van der Waals surface area (Å²) in [5.74, 6) is 0.409. The fourth-order valence-electron chi connectivity index (χ4n) is 5.14. The maximum Gasteiger partial charge on any atom is 0.259 e. The van der Waals surface area contributed by atoms with Crippen molar-refractivity contribution in [1.29, 1.82) is 0 Å². The zero-order valence-electron chi connectivity index (χ0n) is 20.5. The van der Waals surface area contributed by atoms with Crippen molar-refractivity contribution in [2.75, 3.05) is 24.7 Å². The zero-order chi connectivity index (χ0) is 25.6. The van der Waals surface area contributed by atoms with E-state index >= 15 is 0 Å². The van der Waals surface area contributed by atoms with Gasteiger partial charge in [-0.25, -0.2) is 13.4 Å². The number of benzene rings is 2. The van der Waals surface area contributed by atoms with Crippen molar-refractivity contribution in [3.8, 4) is 11.3 Å². The lowest BCUT2D eigenvalue weighted by Gasteiger charge is -2.18. The molecule has 37 heavy (non-hydrogen) atoms. The Hall–Kier alpha value is -3.82. The van der Waals surface area contributed by atoms with Crippen molar-refractivity contribution in [2.45, 2.75) is 30.8 Å². The molecule has 2 aliphatic rings. The number of hydrogen-bond acceptors (Lipinski definition) is 7. The minimum Gasteiger partial charge on any atom is -0.340 e. The quantitative estimate of drug-likeness (QED) is 0.399. The first-order valence-electron chi connectivity index (χ1n) is 12.3. The topological polar surface area (TPSA) is 108 Å². The Morgan fingerprint density at radius 1 is 1.05 bits per heavy atom. The van der Waals surface area contributed by atoms with Gasteiger partial charge in [-0.3, -0.25) is 14.7 Å². The van der Waals surface area contributed by atoms with Gasteiger partial charge in [0.15, 0.2) is 9.84 Å². The molecule has 8 nitrogen and oxygen atoms in total. The Bertz CT molecular complexity index is 1720. The monoisotopic (exact) mass is 513 g/mol. The number of pyridine rings is 2. The highest BCUT2D eigenvalue weighted by molar-refractivity contribution is 7.90. The molecule has 2 aromatic carbocycles. The molecule has 9 heteroatoms. The van der Waals surface area contributed by atoms with Crippen molar-refractivity contribution >= 4 is 38.3 Å². The summed E-state index contributed by atoms with van der Waals surface area (Å²) in [6, 6.07) is 15.1. The molecule has 1 fully saturated rings. The van der Waals surface area contributed by atoms with Crippen LogP contribution in [-0.2, 0) is 22.9 Å². The molecule has 4 heterocycles. The average Bonchev–Trinajstić information content (AvgIpc) is 3.55. The van der Waals surface area contributed by atoms with Gasteiger partial charge in [-0.15, -0.1) is 0 Å². The van der Waals surface area contributed by atoms with Gasteiger partial charge < -0.3 is 10.3 Å². The molecule has 2 aliphatic heterocycles. The van der Waals surface area contributed by atoms with Gasteiger partial charge in [0.05, 0.1) is 22.5 Å². The fraction of sp³-hybridized carbons (Fsp3) is 0.250. The normalized spacial score (nSPS) is 15.4. The number of H-pyrrole nitrogens is 1. The van der Waals surface area contributed by atoms with Crippen LogP contribution in [0.3, 0.4) is 0 Å². The molecular weight excluding hydrogens is 486 g/mol. The Kier molecular flexibility index (Phi) is 5.89. The lowest BCUT2D eigenvalue weighted by molar-refractivity contribution is 0.328. The average molecular weight is 514 g/mol. The van der Waals surface area contributed by atoms with Crippen LogP contribution in [0, 0.1) is 0 Å². The first-order valence-corrected chi connectivity index (χ1v) is 14.2. The third kappa shape index (κ3) is 4.68. The van der Waals surface area contributed by atoms with Gasteiger partial charge in [-0.05, 0) is 78.3 Å². The number of rotatable bonds is 6. The predicted octanol–water partition coefficient (Wildman–Crippen LogP) is 4.27. The summed E-state index contributed by atoms with van der Waals surface area (Å²) in [6.45, 7) is 3.24. The molecule has 0 amide bonds. The standard InChI is InChI=1S/C28H27N5O3S/c1-37(35,36)25-14-18(4-5-21(25)17-33-10-2-3-11-33)24-13-19-8-9-30-28(34)26(19)27(32-24)31-23-7-6-20-15-29-16-22(20)12-23/h4-9,12-14,16H,2-3,10-11,15,17H2,1H3,(H,30,34)(H,31,32). The van der Waals surface area contributed by atoms with E-state index in [9.17, 15) is 13.2 Å². The van der Waals surface area contributed by atoms with Gasteiger partial charge in [0.25, 0.3) is 5.56 Å².